The van der Waals surface area contributed by atoms with E-state index in [1.54, 1.807) is 0 Å². The molecule has 29 heavy (non-hydrogen) atoms. The summed E-state index contributed by atoms with van der Waals surface area (Å²) in [5, 5.41) is -1.11. The summed E-state index contributed by atoms with van der Waals surface area (Å²) >= 11 is 0. The smallest absolute Gasteiger partial charge is 0.305 e. The number of halogens is 1. The molecule has 0 saturated carbocycles. The first-order valence-electron chi connectivity index (χ1n) is 9.13. The van der Waals surface area contributed by atoms with Gasteiger partial charge in [0.25, 0.3) is 5.91 Å². The molecule has 9 nitrogen and oxygen atoms in total. The molecule has 0 N–H and O–H groups in total. The number of ether oxygens (including phenoxy) is 2. The molecule has 0 aliphatic carbocycles. The Morgan fingerprint density at radius 1 is 1.10 bits per heavy atom. The van der Waals surface area contributed by atoms with Crippen molar-refractivity contribution in [3.63, 3.8) is 0 Å². The number of piperidine rings is 1. The zero-order valence-electron chi connectivity index (χ0n) is 15.9. The third-order valence-corrected chi connectivity index (χ3v) is 8.31. The summed E-state index contributed by atoms with van der Waals surface area (Å²) in [4.78, 5) is 14.1. The van der Waals surface area contributed by atoms with Crippen LogP contribution in [0.25, 0.3) is 0 Å². The molecule has 2 aliphatic rings. The largest absolute Gasteiger partial charge is 0.495 e. The van der Waals surface area contributed by atoms with Crippen LogP contribution in [0.15, 0.2) is 23.1 Å². The predicted octanol–water partition coefficient (Wildman–Crippen LogP) is 0.620. The van der Waals surface area contributed by atoms with Crippen molar-refractivity contribution < 1.29 is 35.0 Å². The van der Waals surface area contributed by atoms with Crippen molar-refractivity contribution in [3.8, 4) is 5.75 Å². The number of sulfonamides is 1. The number of morpholine rings is 1. The molecule has 1 amide bonds. The number of amides is 1. The van der Waals surface area contributed by atoms with Gasteiger partial charge >= 0.3 is 10.2 Å². The van der Waals surface area contributed by atoms with Gasteiger partial charge in [-0.2, -0.15) is 12.7 Å². The molecule has 3 rings (SSSR count). The van der Waals surface area contributed by atoms with Crippen molar-refractivity contribution >= 4 is 26.2 Å². The average molecular weight is 451 g/mol. The molecular formula is C17H23FN2O7S2. The first-order valence-corrected chi connectivity index (χ1v) is 12.0. The fraction of sp³-hybridized carbons (Fsp3) is 0.588. The minimum absolute atomic E-state index is 0.000336. The molecule has 0 spiro atoms. The van der Waals surface area contributed by atoms with Gasteiger partial charge in [-0.05, 0) is 31.0 Å². The quantitative estimate of drug-likeness (QED) is 0.605. The van der Waals surface area contributed by atoms with Crippen LogP contribution in [0.3, 0.4) is 0 Å². The third kappa shape index (κ3) is 4.71. The van der Waals surface area contributed by atoms with Gasteiger partial charge < -0.3 is 14.4 Å². The highest BCUT2D eigenvalue weighted by atomic mass is 32.3. The Labute approximate surface area is 169 Å². The van der Waals surface area contributed by atoms with Crippen LogP contribution in [0.1, 0.15) is 23.2 Å². The number of hydrogen-bond acceptors (Lipinski definition) is 7. The van der Waals surface area contributed by atoms with Gasteiger partial charge in [0.2, 0.25) is 10.0 Å². The van der Waals surface area contributed by atoms with Crippen molar-refractivity contribution in [2.24, 2.45) is 0 Å². The summed E-state index contributed by atoms with van der Waals surface area (Å²) in [5.41, 5.74) is 0.138. The van der Waals surface area contributed by atoms with Crippen molar-refractivity contribution in [2.45, 2.75) is 23.0 Å². The maximum absolute atomic E-state index is 13.1. The third-order valence-electron chi connectivity index (χ3n) is 5.13. The van der Waals surface area contributed by atoms with E-state index < -0.39 is 31.4 Å². The topological polar surface area (TPSA) is 110 Å². The Morgan fingerprint density at radius 2 is 1.72 bits per heavy atom. The van der Waals surface area contributed by atoms with Crippen molar-refractivity contribution in [2.75, 3.05) is 46.5 Å². The first-order chi connectivity index (χ1) is 13.6. The molecule has 2 aliphatic heterocycles. The lowest BCUT2D eigenvalue weighted by Crippen LogP contribution is -2.42. The number of likely N-dealkylation sites (tertiary alicyclic amines) is 1. The summed E-state index contributed by atoms with van der Waals surface area (Å²) < 4.78 is 72.9. The van der Waals surface area contributed by atoms with E-state index in [4.69, 9.17) is 9.47 Å². The Bertz CT molecular complexity index is 967. The van der Waals surface area contributed by atoms with E-state index in [0.29, 0.717) is 0 Å². The summed E-state index contributed by atoms with van der Waals surface area (Å²) in [6.45, 7) is 1.12. The number of carbonyl (C=O) groups is 1. The number of nitrogens with zero attached hydrogens (tertiary/aromatic N) is 2. The predicted molar refractivity (Wildman–Crippen MR) is 102 cm³/mol. The van der Waals surface area contributed by atoms with Gasteiger partial charge in [0.15, 0.2) is 0 Å². The van der Waals surface area contributed by atoms with Gasteiger partial charge in [-0.1, -0.05) is 0 Å². The monoisotopic (exact) mass is 450 g/mol. The fourth-order valence-electron chi connectivity index (χ4n) is 3.46. The molecule has 2 fully saturated rings. The molecule has 2 saturated heterocycles. The number of hydrogen-bond donors (Lipinski definition) is 0. The van der Waals surface area contributed by atoms with E-state index in [9.17, 15) is 25.5 Å². The van der Waals surface area contributed by atoms with Crippen LogP contribution in [-0.2, 0) is 25.0 Å². The van der Waals surface area contributed by atoms with E-state index in [1.165, 1.54) is 34.5 Å². The number of benzene rings is 1. The standard InChI is InChI=1S/C17H23FN2O7S2/c1-26-15-3-2-13(12-16(15)29(24,25)20-8-10-27-11-9-20)17(21)19-6-4-14(5-7-19)28(18,22)23/h2-3,12,14H,4-11H2,1H3. The second-order valence-electron chi connectivity index (χ2n) is 6.85. The lowest BCUT2D eigenvalue weighted by Gasteiger charge is -2.30. The van der Waals surface area contributed by atoms with Crippen molar-refractivity contribution in [1.29, 1.82) is 0 Å². The Hall–Kier alpha value is -1.76. The number of methoxy groups -OCH3 is 1. The molecule has 1 aromatic rings. The van der Waals surface area contributed by atoms with Crippen LogP contribution in [-0.4, -0.2) is 83.7 Å². The van der Waals surface area contributed by atoms with Crippen molar-refractivity contribution in [3.05, 3.63) is 23.8 Å². The van der Waals surface area contributed by atoms with Gasteiger partial charge in [-0.3, -0.25) is 4.79 Å². The van der Waals surface area contributed by atoms with Gasteiger partial charge in [0, 0.05) is 31.7 Å². The molecule has 0 radical (unpaired) electrons. The van der Waals surface area contributed by atoms with Crippen LogP contribution < -0.4 is 4.74 Å². The first kappa shape index (κ1) is 21.9. The molecule has 0 aromatic heterocycles. The Morgan fingerprint density at radius 3 is 2.28 bits per heavy atom. The molecule has 0 bridgehead atoms. The van der Waals surface area contributed by atoms with Crippen molar-refractivity contribution in [1.82, 2.24) is 9.21 Å². The molecule has 12 heteroatoms. The van der Waals surface area contributed by atoms with Gasteiger partial charge in [0.05, 0.1) is 25.6 Å². The maximum atomic E-state index is 13.1. The Kier molecular flexibility index (Phi) is 6.46. The highest BCUT2D eigenvalue weighted by Crippen LogP contribution is 2.29. The number of carbonyl (C=O) groups excluding carboxylic acids is 1. The highest BCUT2D eigenvalue weighted by molar-refractivity contribution is 7.89. The molecule has 162 valence electrons. The summed E-state index contributed by atoms with van der Waals surface area (Å²) in [6.07, 6.45) is -0.000672. The van der Waals surface area contributed by atoms with Gasteiger partial charge in [-0.15, -0.1) is 3.89 Å². The molecule has 0 unspecified atom stereocenters. The second kappa shape index (κ2) is 8.54. The summed E-state index contributed by atoms with van der Waals surface area (Å²) in [7, 11) is -7.18. The van der Waals surface area contributed by atoms with Crippen LogP contribution in [0.4, 0.5) is 3.89 Å². The fourth-order valence-corrected chi connectivity index (χ4v) is 5.82. The zero-order chi connectivity index (χ0) is 21.2. The van der Waals surface area contributed by atoms with Crippen LogP contribution in [0, 0.1) is 0 Å². The van der Waals surface area contributed by atoms with E-state index >= 15 is 0 Å². The minimum Gasteiger partial charge on any atom is -0.495 e. The SMILES string of the molecule is COc1ccc(C(=O)N2CCC(S(=O)(=O)F)CC2)cc1S(=O)(=O)N1CCOCC1. The van der Waals surface area contributed by atoms with Gasteiger partial charge in [-0.25, -0.2) is 8.42 Å². The number of rotatable bonds is 5. The molecule has 1 aromatic carbocycles. The minimum atomic E-state index is -4.64. The van der Waals surface area contributed by atoms with Gasteiger partial charge in [0.1, 0.15) is 10.6 Å². The van der Waals surface area contributed by atoms with Crippen LogP contribution in [0.5, 0.6) is 5.75 Å². The maximum Gasteiger partial charge on any atom is 0.305 e. The normalized spacial score (nSPS) is 19.9. The van der Waals surface area contributed by atoms with Crippen LogP contribution >= 0.6 is 0 Å². The summed E-state index contributed by atoms with van der Waals surface area (Å²) in [6, 6.07) is 4.14. The summed E-state index contributed by atoms with van der Waals surface area (Å²) in [5.74, 6) is -0.323. The Balaban J connectivity index is 1.84. The average Bonchev–Trinajstić information content (AvgIpc) is 2.73. The second-order valence-corrected chi connectivity index (χ2v) is 10.4. The van der Waals surface area contributed by atoms with E-state index in [-0.39, 0.29) is 68.4 Å². The lowest BCUT2D eigenvalue weighted by molar-refractivity contribution is 0.0721. The van der Waals surface area contributed by atoms with Crippen LogP contribution in [0.2, 0.25) is 0 Å². The van der Waals surface area contributed by atoms with E-state index in [2.05, 4.69) is 0 Å². The van der Waals surface area contributed by atoms with E-state index in [1.807, 2.05) is 0 Å². The van der Waals surface area contributed by atoms with E-state index in [0.717, 1.165) is 0 Å². The molecular weight excluding hydrogens is 427 g/mol. The lowest BCUT2D eigenvalue weighted by atomic mass is 10.1. The highest BCUT2D eigenvalue weighted by Gasteiger charge is 2.33. The zero-order valence-corrected chi connectivity index (χ0v) is 17.5. The molecule has 2 heterocycles. The molecule has 0 atom stereocenters.